The molecular formula is C13H20N2O2. The summed E-state index contributed by atoms with van der Waals surface area (Å²) in [5, 5.41) is 4.09. The van der Waals surface area contributed by atoms with Crippen LogP contribution in [0.5, 0.6) is 0 Å². The Morgan fingerprint density at radius 3 is 2.71 bits per heavy atom. The fourth-order valence-corrected chi connectivity index (χ4v) is 2.63. The van der Waals surface area contributed by atoms with Gasteiger partial charge in [0.25, 0.3) is 0 Å². The number of Topliss-reactive ketones (excluding diaryl/α,β-unsaturated/α-hetero) is 1. The fraction of sp³-hybridized carbons (Fsp3) is 0.692. The minimum Gasteiger partial charge on any atom is -0.370 e. The third-order valence-electron chi connectivity index (χ3n) is 3.68. The highest BCUT2D eigenvalue weighted by atomic mass is 16.5. The van der Waals surface area contributed by atoms with Crippen LogP contribution in [0.4, 0.5) is 0 Å². The van der Waals surface area contributed by atoms with Crippen LogP contribution in [0.25, 0.3) is 0 Å². The topological polar surface area (TPSA) is 44.1 Å². The number of ether oxygens (including phenoxy) is 1. The van der Waals surface area contributed by atoms with E-state index >= 15 is 0 Å². The van der Waals surface area contributed by atoms with E-state index in [0.29, 0.717) is 6.42 Å². The van der Waals surface area contributed by atoms with Crippen LogP contribution in [-0.2, 0) is 23.0 Å². The summed E-state index contributed by atoms with van der Waals surface area (Å²) >= 11 is 0. The number of carbonyl (C=O) groups excluding carboxylic acids is 1. The van der Waals surface area contributed by atoms with Gasteiger partial charge in [-0.25, -0.2) is 0 Å². The minimum atomic E-state index is -0.534. The first-order valence-corrected chi connectivity index (χ1v) is 6.22. The van der Waals surface area contributed by atoms with Gasteiger partial charge in [-0.2, -0.15) is 5.10 Å². The lowest BCUT2D eigenvalue weighted by Gasteiger charge is -2.34. The summed E-state index contributed by atoms with van der Waals surface area (Å²) in [6, 6.07) is 0. The lowest BCUT2D eigenvalue weighted by atomic mass is 9.80. The zero-order valence-electron chi connectivity index (χ0n) is 10.6. The van der Waals surface area contributed by atoms with Crippen LogP contribution in [0.3, 0.4) is 0 Å². The SMILES string of the molecule is COC1(C(=O)Cc2cnn(C)c2)CCCCC1. The van der Waals surface area contributed by atoms with E-state index in [1.54, 1.807) is 18.0 Å². The van der Waals surface area contributed by atoms with Crippen molar-refractivity contribution in [2.75, 3.05) is 7.11 Å². The van der Waals surface area contributed by atoms with Gasteiger partial charge in [0.15, 0.2) is 5.78 Å². The second-order valence-electron chi connectivity index (χ2n) is 4.88. The molecule has 0 amide bonds. The summed E-state index contributed by atoms with van der Waals surface area (Å²) in [5.74, 6) is 0.202. The van der Waals surface area contributed by atoms with Crippen molar-refractivity contribution >= 4 is 5.78 Å². The molecule has 1 saturated carbocycles. The van der Waals surface area contributed by atoms with Crippen molar-refractivity contribution in [2.45, 2.75) is 44.1 Å². The van der Waals surface area contributed by atoms with Crippen LogP contribution in [-0.4, -0.2) is 28.3 Å². The van der Waals surface area contributed by atoms with Gasteiger partial charge in [0.2, 0.25) is 0 Å². The normalized spacial score (nSPS) is 19.2. The van der Waals surface area contributed by atoms with Gasteiger partial charge in [-0.3, -0.25) is 9.48 Å². The molecule has 94 valence electrons. The summed E-state index contributed by atoms with van der Waals surface area (Å²) in [6.45, 7) is 0. The minimum absolute atomic E-state index is 0.202. The van der Waals surface area contributed by atoms with Crippen LogP contribution < -0.4 is 0 Å². The van der Waals surface area contributed by atoms with Crippen molar-refractivity contribution in [1.29, 1.82) is 0 Å². The standard InChI is InChI=1S/C13H20N2O2/c1-15-10-11(9-14-15)8-12(16)13(17-2)6-4-3-5-7-13/h9-10H,3-8H2,1-2H3. The molecule has 1 aromatic rings. The van der Waals surface area contributed by atoms with E-state index in [9.17, 15) is 4.79 Å². The van der Waals surface area contributed by atoms with Crippen LogP contribution in [0.2, 0.25) is 0 Å². The number of rotatable bonds is 4. The summed E-state index contributed by atoms with van der Waals surface area (Å²) in [7, 11) is 3.52. The van der Waals surface area contributed by atoms with E-state index in [1.165, 1.54) is 6.42 Å². The zero-order chi connectivity index (χ0) is 12.3. The molecule has 4 nitrogen and oxygen atoms in total. The summed E-state index contributed by atoms with van der Waals surface area (Å²) in [4.78, 5) is 12.4. The molecule has 0 atom stereocenters. The molecule has 17 heavy (non-hydrogen) atoms. The van der Waals surface area contributed by atoms with Crippen LogP contribution >= 0.6 is 0 Å². The molecule has 1 aromatic heterocycles. The second kappa shape index (κ2) is 5.00. The van der Waals surface area contributed by atoms with Crippen LogP contribution in [0.1, 0.15) is 37.7 Å². The van der Waals surface area contributed by atoms with Crippen LogP contribution in [0.15, 0.2) is 12.4 Å². The molecule has 0 saturated heterocycles. The number of nitrogens with zero attached hydrogens (tertiary/aromatic N) is 2. The Hall–Kier alpha value is -1.16. The molecule has 0 radical (unpaired) electrons. The molecule has 1 heterocycles. The molecule has 1 aliphatic rings. The molecule has 0 bridgehead atoms. The van der Waals surface area contributed by atoms with Crippen molar-refractivity contribution in [3.63, 3.8) is 0 Å². The maximum atomic E-state index is 12.4. The number of hydrogen-bond acceptors (Lipinski definition) is 3. The quantitative estimate of drug-likeness (QED) is 0.801. The van der Waals surface area contributed by atoms with Gasteiger partial charge in [0.1, 0.15) is 5.60 Å². The van der Waals surface area contributed by atoms with E-state index < -0.39 is 5.60 Å². The third kappa shape index (κ3) is 2.57. The number of methoxy groups -OCH3 is 1. The van der Waals surface area contributed by atoms with Gasteiger partial charge in [-0.15, -0.1) is 0 Å². The summed E-state index contributed by atoms with van der Waals surface area (Å²) < 4.78 is 7.27. The Balaban J connectivity index is 2.07. The average molecular weight is 236 g/mol. The van der Waals surface area contributed by atoms with Gasteiger partial charge in [0, 0.05) is 26.8 Å². The Kier molecular flexibility index (Phi) is 3.62. The van der Waals surface area contributed by atoms with Crippen molar-refractivity contribution < 1.29 is 9.53 Å². The van der Waals surface area contributed by atoms with E-state index in [0.717, 1.165) is 31.2 Å². The Morgan fingerprint density at radius 1 is 1.47 bits per heavy atom. The number of carbonyl (C=O) groups is 1. The number of aryl methyl sites for hydroxylation is 1. The third-order valence-corrected chi connectivity index (χ3v) is 3.68. The molecule has 1 aliphatic carbocycles. The van der Waals surface area contributed by atoms with Gasteiger partial charge in [-0.05, 0) is 18.4 Å². The van der Waals surface area contributed by atoms with E-state index in [2.05, 4.69) is 5.10 Å². The Morgan fingerprint density at radius 2 is 2.18 bits per heavy atom. The average Bonchev–Trinajstić information content (AvgIpc) is 2.75. The summed E-state index contributed by atoms with van der Waals surface area (Å²) in [5.41, 5.74) is 0.438. The first-order valence-electron chi connectivity index (χ1n) is 6.22. The predicted molar refractivity (Wildman–Crippen MR) is 64.7 cm³/mol. The molecule has 0 aromatic carbocycles. The highest BCUT2D eigenvalue weighted by Crippen LogP contribution is 2.32. The number of aromatic nitrogens is 2. The molecular weight excluding hydrogens is 216 g/mol. The second-order valence-corrected chi connectivity index (χ2v) is 4.88. The summed E-state index contributed by atoms with van der Waals surface area (Å²) in [6.07, 6.45) is 9.20. The fourth-order valence-electron chi connectivity index (χ4n) is 2.63. The number of hydrogen-bond donors (Lipinski definition) is 0. The maximum Gasteiger partial charge on any atom is 0.169 e. The number of ketones is 1. The zero-order valence-corrected chi connectivity index (χ0v) is 10.6. The van der Waals surface area contributed by atoms with E-state index in [-0.39, 0.29) is 5.78 Å². The van der Waals surface area contributed by atoms with E-state index in [4.69, 9.17) is 4.74 Å². The molecule has 0 aliphatic heterocycles. The first kappa shape index (κ1) is 12.3. The molecule has 2 rings (SSSR count). The smallest absolute Gasteiger partial charge is 0.169 e. The Bertz CT molecular complexity index is 392. The van der Waals surface area contributed by atoms with Crippen molar-refractivity contribution in [3.8, 4) is 0 Å². The van der Waals surface area contributed by atoms with Gasteiger partial charge >= 0.3 is 0 Å². The monoisotopic (exact) mass is 236 g/mol. The van der Waals surface area contributed by atoms with Crippen molar-refractivity contribution in [3.05, 3.63) is 18.0 Å². The van der Waals surface area contributed by atoms with Gasteiger partial charge in [-0.1, -0.05) is 19.3 Å². The van der Waals surface area contributed by atoms with Gasteiger partial charge in [0.05, 0.1) is 6.20 Å². The largest absolute Gasteiger partial charge is 0.370 e. The van der Waals surface area contributed by atoms with Crippen molar-refractivity contribution in [2.24, 2.45) is 7.05 Å². The van der Waals surface area contributed by atoms with Gasteiger partial charge < -0.3 is 4.74 Å². The van der Waals surface area contributed by atoms with Crippen LogP contribution in [0, 0.1) is 0 Å². The Labute approximate surface area is 102 Å². The highest BCUT2D eigenvalue weighted by molar-refractivity contribution is 5.89. The highest BCUT2D eigenvalue weighted by Gasteiger charge is 2.38. The van der Waals surface area contributed by atoms with E-state index in [1.807, 2.05) is 13.2 Å². The lowest BCUT2D eigenvalue weighted by molar-refractivity contribution is -0.144. The molecule has 1 fully saturated rings. The predicted octanol–water partition coefficient (Wildman–Crippen LogP) is 1.88. The maximum absolute atomic E-state index is 12.4. The first-order chi connectivity index (χ1) is 8.16. The molecule has 0 unspecified atom stereocenters. The van der Waals surface area contributed by atoms with Crippen molar-refractivity contribution in [1.82, 2.24) is 9.78 Å². The molecule has 0 spiro atoms. The lowest BCUT2D eigenvalue weighted by Crippen LogP contribution is -2.43. The molecule has 0 N–H and O–H groups in total. The molecule has 4 heteroatoms.